The molecule has 0 saturated carbocycles. The zero-order valence-corrected chi connectivity index (χ0v) is 16.5. The molecular formula is C19H27NOSSi. The SMILES string of the molecule is C[C@H](N[S@](=O)C(C)(C)C)[Si](C)(c1ccccc1)c1ccccc1. The largest absolute Gasteiger partial charge is 0.242 e. The van der Waals surface area contributed by atoms with Crippen LogP contribution in [0.15, 0.2) is 60.7 Å². The van der Waals surface area contributed by atoms with E-state index in [9.17, 15) is 4.21 Å². The minimum absolute atomic E-state index is 0.160. The fourth-order valence-electron chi connectivity index (χ4n) is 2.69. The second-order valence-corrected chi connectivity index (χ2v) is 13.6. The molecule has 0 heterocycles. The standard InChI is InChI=1S/C19H27NOSSi/c1-16(20-22(21)19(2,3)4)23(5,17-12-8-6-9-13-17)18-14-10-7-11-15-18/h6-16,20H,1-5H3/t16-,22-/m1/s1. The summed E-state index contributed by atoms with van der Waals surface area (Å²) in [6.07, 6.45) is 0. The van der Waals surface area contributed by atoms with E-state index >= 15 is 0 Å². The Kier molecular flexibility index (Phi) is 5.60. The molecule has 2 atom stereocenters. The van der Waals surface area contributed by atoms with Crippen LogP contribution in [-0.2, 0) is 11.0 Å². The van der Waals surface area contributed by atoms with Crippen LogP contribution in [-0.4, -0.2) is 22.7 Å². The third kappa shape index (κ3) is 4.00. The van der Waals surface area contributed by atoms with Gasteiger partial charge in [0.1, 0.15) is 8.07 Å². The summed E-state index contributed by atoms with van der Waals surface area (Å²) in [5.41, 5.74) is 0.160. The van der Waals surface area contributed by atoms with E-state index in [0.717, 1.165) is 0 Å². The highest BCUT2D eigenvalue weighted by Gasteiger charge is 2.39. The van der Waals surface area contributed by atoms with Gasteiger partial charge in [0.25, 0.3) is 0 Å². The molecule has 0 aliphatic rings. The summed E-state index contributed by atoms with van der Waals surface area (Å²) in [6.45, 7) is 10.6. The summed E-state index contributed by atoms with van der Waals surface area (Å²) < 4.78 is 15.7. The molecule has 0 saturated heterocycles. The van der Waals surface area contributed by atoms with E-state index in [1.165, 1.54) is 10.4 Å². The van der Waals surface area contributed by atoms with Gasteiger partial charge in [-0.2, -0.15) is 0 Å². The lowest BCUT2D eigenvalue weighted by Gasteiger charge is -2.36. The monoisotopic (exact) mass is 345 g/mol. The van der Waals surface area contributed by atoms with Crippen molar-refractivity contribution in [3.8, 4) is 0 Å². The molecule has 0 aliphatic carbocycles. The molecule has 2 nitrogen and oxygen atoms in total. The van der Waals surface area contributed by atoms with Gasteiger partial charge in [0, 0.05) is 5.67 Å². The molecule has 0 aromatic heterocycles. The quantitative estimate of drug-likeness (QED) is 0.830. The van der Waals surface area contributed by atoms with Gasteiger partial charge in [0.2, 0.25) is 0 Å². The smallest absolute Gasteiger partial charge is 0.132 e. The van der Waals surface area contributed by atoms with E-state index in [-0.39, 0.29) is 10.4 Å². The second kappa shape index (κ2) is 7.12. The van der Waals surface area contributed by atoms with Crippen molar-refractivity contribution in [2.24, 2.45) is 0 Å². The molecule has 2 aromatic carbocycles. The molecule has 23 heavy (non-hydrogen) atoms. The predicted octanol–water partition coefficient (Wildman–Crippen LogP) is 2.86. The highest BCUT2D eigenvalue weighted by Crippen LogP contribution is 2.15. The summed E-state index contributed by atoms with van der Waals surface area (Å²) in [5.74, 6) is 0. The van der Waals surface area contributed by atoms with Gasteiger partial charge < -0.3 is 0 Å². The predicted molar refractivity (Wildman–Crippen MR) is 104 cm³/mol. The van der Waals surface area contributed by atoms with Crippen molar-refractivity contribution in [1.29, 1.82) is 0 Å². The highest BCUT2D eigenvalue weighted by molar-refractivity contribution is 7.84. The average Bonchev–Trinajstić information content (AvgIpc) is 2.54. The van der Waals surface area contributed by atoms with Crippen molar-refractivity contribution < 1.29 is 4.21 Å². The molecule has 1 N–H and O–H groups in total. The molecule has 0 radical (unpaired) electrons. The zero-order valence-electron chi connectivity index (χ0n) is 14.7. The highest BCUT2D eigenvalue weighted by atomic mass is 32.2. The molecule has 0 aliphatic heterocycles. The van der Waals surface area contributed by atoms with Crippen LogP contribution in [0.5, 0.6) is 0 Å². The van der Waals surface area contributed by atoms with Gasteiger partial charge in [-0.15, -0.1) is 0 Å². The summed E-state index contributed by atoms with van der Waals surface area (Å²) in [4.78, 5) is 0. The van der Waals surface area contributed by atoms with Crippen LogP contribution in [0.4, 0.5) is 0 Å². The molecule has 2 rings (SSSR count). The Labute approximate surface area is 143 Å². The van der Waals surface area contributed by atoms with E-state index < -0.39 is 19.1 Å². The second-order valence-electron chi connectivity index (χ2n) is 7.16. The number of hydrogen-bond acceptors (Lipinski definition) is 1. The first-order chi connectivity index (χ1) is 10.8. The molecule has 0 spiro atoms. The normalized spacial score (nSPS) is 15.2. The van der Waals surface area contributed by atoms with Crippen LogP contribution in [0.1, 0.15) is 27.7 Å². The van der Waals surface area contributed by atoms with Crippen molar-refractivity contribution in [1.82, 2.24) is 4.72 Å². The summed E-state index contributed by atoms with van der Waals surface area (Å²) >= 11 is 0. The first kappa shape index (κ1) is 18.1. The molecule has 0 bridgehead atoms. The topological polar surface area (TPSA) is 29.1 Å². The van der Waals surface area contributed by atoms with Gasteiger partial charge in [0.15, 0.2) is 0 Å². The Morgan fingerprint density at radius 1 is 0.913 bits per heavy atom. The van der Waals surface area contributed by atoms with E-state index in [4.69, 9.17) is 0 Å². The van der Waals surface area contributed by atoms with Gasteiger partial charge in [-0.1, -0.05) is 84.5 Å². The zero-order chi connectivity index (χ0) is 17.1. The summed E-state index contributed by atoms with van der Waals surface area (Å²) in [5, 5.41) is 2.72. The van der Waals surface area contributed by atoms with E-state index in [2.05, 4.69) is 78.9 Å². The Balaban J connectivity index is 2.45. The molecule has 0 unspecified atom stereocenters. The third-order valence-corrected chi connectivity index (χ3v) is 11.3. The van der Waals surface area contributed by atoms with Crippen molar-refractivity contribution in [3.63, 3.8) is 0 Å². The Morgan fingerprint density at radius 2 is 1.30 bits per heavy atom. The van der Waals surface area contributed by atoms with E-state index in [1.807, 2.05) is 20.8 Å². The lowest BCUT2D eigenvalue weighted by atomic mass is 10.3. The molecule has 124 valence electrons. The minimum Gasteiger partial charge on any atom is -0.242 e. The first-order valence-electron chi connectivity index (χ1n) is 8.05. The van der Waals surface area contributed by atoms with E-state index in [0.29, 0.717) is 0 Å². The van der Waals surface area contributed by atoms with Gasteiger partial charge in [-0.3, -0.25) is 0 Å². The molecule has 0 fully saturated rings. The molecule has 2 aromatic rings. The third-order valence-electron chi connectivity index (χ3n) is 4.45. The number of benzene rings is 2. The van der Waals surface area contributed by atoms with Gasteiger partial charge in [0.05, 0.1) is 15.7 Å². The fourth-order valence-corrected chi connectivity index (χ4v) is 7.73. The van der Waals surface area contributed by atoms with Crippen molar-refractivity contribution in [3.05, 3.63) is 60.7 Å². The van der Waals surface area contributed by atoms with E-state index in [1.54, 1.807) is 0 Å². The maximum atomic E-state index is 12.6. The lowest BCUT2D eigenvalue weighted by molar-refractivity contribution is 0.632. The Morgan fingerprint density at radius 3 is 1.65 bits per heavy atom. The van der Waals surface area contributed by atoms with Crippen molar-refractivity contribution >= 4 is 29.4 Å². The van der Waals surface area contributed by atoms with Crippen molar-refractivity contribution in [2.45, 2.75) is 44.7 Å². The van der Waals surface area contributed by atoms with Crippen LogP contribution in [0.3, 0.4) is 0 Å². The number of nitrogens with one attached hydrogen (secondary N) is 1. The van der Waals surface area contributed by atoms with Crippen LogP contribution < -0.4 is 15.1 Å². The van der Waals surface area contributed by atoms with Crippen LogP contribution in [0, 0.1) is 0 Å². The summed E-state index contributed by atoms with van der Waals surface area (Å²) in [7, 11) is -3.13. The maximum absolute atomic E-state index is 12.6. The number of hydrogen-bond donors (Lipinski definition) is 1. The van der Waals surface area contributed by atoms with Gasteiger partial charge in [-0.25, -0.2) is 8.93 Å². The maximum Gasteiger partial charge on any atom is 0.132 e. The van der Waals surface area contributed by atoms with Gasteiger partial charge >= 0.3 is 0 Å². The molecule has 0 amide bonds. The van der Waals surface area contributed by atoms with Crippen LogP contribution in [0.25, 0.3) is 0 Å². The van der Waals surface area contributed by atoms with Crippen molar-refractivity contribution in [2.75, 3.05) is 0 Å². The lowest BCUT2D eigenvalue weighted by Crippen LogP contribution is -2.68. The number of rotatable bonds is 5. The minimum atomic E-state index is -2.05. The Bertz CT molecular complexity index is 613. The average molecular weight is 346 g/mol. The molecular weight excluding hydrogens is 318 g/mol. The molecule has 4 heteroatoms. The fraction of sp³-hybridized carbons (Fsp3) is 0.368. The Hall–Kier alpha value is -1.23. The van der Waals surface area contributed by atoms with Gasteiger partial charge in [-0.05, 0) is 20.8 Å². The first-order valence-corrected chi connectivity index (χ1v) is 11.8. The summed E-state index contributed by atoms with van der Waals surface area (Å²) in [6, 6.07) is 21.3. The van der Waals surface area contributed by atoms with Crippen LogP contribution >= 0.6 is 0 Å². The van der Waals surface area contributed by atoms with Crippen LogP contribution in [0.2, 0.25) is 6.55 Å².